The fourth-order valence-corrected chi connectivity index (χ4v) is 8.60. The molecule has 5 fully saturated rings. The minimum absolute atomic E-state index is 0.0278. The van der Waals surface area contributed by atoms with Crippen LogP contribution in [0.25, 0.3) is 0 Å². The van der Waals surface area contributed by atoms with Crippen molar-refractivity contribution in [3.63, 3.8) is 0 Å². The molecule has 30 nitrogen and oxygen atoms in total. The number of phosphoric acid groups is 3. The van der Waals surface area contributed by atoms with Crippen molar-refractivity contribution in [3.8, 4) is 0 Å². The number of nitrogens with zero attached hydrogens (tertiary/aromatic N) is 1. The Morgan fingerprint density at radius 2 is 1.00 bits per heavy atom. The number of carbonyl (C=O) groups is 4. The van der Waals surface area contributed by atoms with Gasteiger partial charge in [-0.1, -0.05) is 13.8 Å². The van der Waals surface area contributed by atoms with E-state index in [1.165, 1.54) is 13.1 Å². The summed E-state index contributed by atoms with van der Waals surface area (Å²) in [5.41, 5.74) is 0. The number of hydrogen-bond acceptors (Lipinski definition) is 24. The maximum Gasteiger partial charge on any atom is 0.538 e. The van der Waals surface area contributed by atoms with Crippen molar-refractivity contribution in [1.82, 2.24) is 0 Å². The van der Waals surface area contributed by atoms with Gasteiger partial charge in [-0.05, 0) is 50.9 Å². The van der Waals surface area contributed by atoms with Crippen LogP contribution < -0.4 is 0 Å². The second kappa shape index (κ2) is 34.2. The summed E-state index contributed by atoms with van der Waals surface area (Å²) in [5.74, 6) is -3.75. The molecule has 70 heavy (non-hydrogen) atoms. The van der Waals surface area contributed by atoms with E-state index < -0.39 is 121 Å². The van der Waals surface area contributed by atoms with Crippen molar-refractivity contribution in [2.24, 2.45) is 17.0 Å². The Morgan fingerprint density at radius 3 is 1.23 bits per heavy atom. The molecule has 5 aliphatic heterocycles. The summed E-state index contributed by atoms with van der Waals surface area (Å²) in [4.78, 5) is 76.2. The first-order chi connectivity index (χ1) is 32.1. The average Bonchev–Trinajstić information content (AvgIpc) is 4.01. The van der Waals surface area contributed by atoms with Crippen molar-refractivity contribution in [2.75, 3.05) is 20.0 Å². The SMILES string of the molecule is C/C=N/O.CC(=O)OCO.[B][C@H]1CC(C)[C@@H](C(=O)O)O1.[B][C@H]1CC(C)[C@@H](CO)O1.[B][C@H]1CC(O)[C@@H](C(=O)O)O1.[B][C@H]1CC(O)[C@@H](C(=O)OP(=O)(O)OP(=O)(O)OP(=O)(O)O)O1.[B][C@H]1CC(O)[C@@H](CO)O1. The van der Waals surface area contributed by atoms with Crippen LogP contribution in [-0.4, -0.2) is 234 Å². The van der Waals surface area contributed by atoms with Gasteiger partial charge in [0.15, 0.2) is 25.1 Å². The molecule has 17 atom stereocenters. The van der Waals surface area contributed by atoms with E-state index >= 15 is 0 Å². The van der Waals surface area contributed by atoms with Gasteiger partial charge < -0.3 is 93.7 Å². The van der Waals surface area contributed by atoms with Crippen LogP contribution in [0, 0.1) is 11.8 Å². The first-order valence-corrected chi connectivity index (χ1v) is 24.6. The summed E-state index contributed by atoms with van der Waals surface area (Å²) >= 11 is 0. The summed E-state index contributed by atoms with van der Waals surface area (Å²) in [6.07, 6.45) is -3.88. The van der Waals surface area contributed by atoms with Gasteiger partial charge in [-0.3, -0.25) is 9.69 Å². The number of rotatable bonds is 11. The molecule has 7 unspecified atom stereocenters. The van der Waals surface area contributed by atoms with E-state index in [1.807, 2.05) is 13.8 Å². The number of ether oxygens (including phenoxy) is 6. The van der Waals surface area contributed by atoms with Gasteiger partial charge in [-0.25, -0.2) is 28.1 Å². The summed E-state index contributed by atoms with van der Waals surface area (Å²) in [6, 6.07) is -2.64. The zero-order valence-electron chi connectivity index (χ0n) is 37.9. The number of carboxylic acids is 2. The molecule has 5 saturated heterocycles. The first-order valence-electron chi connectivity index (χ1n) is 20.1. The van der Waals surface area contributed by atoms with Gasteiger partial charge in [0.1, 0.15) is 45.3 Å². The summed E-state index contributed by atoms with van der Waals surface area (Å²) in [5, 5.41) is 79.2. The molecule has 5 heterocycles. The van der Waals surface area contributed by atoms with Gasteiger partial charge in [-0.2, -0.15) is 8.62 Å². The lowest BCUT2D eigenvalue weighted by Gasteiger charge is -2.18. The van der Waals surface area contributed by atoms with Crippen LogP contribution in [0.2, 0.25) is 0 Å². The molecule has 0 saturated carbocycles. The Bertz CT molecular complexity index is 1680. The molecular weight excluding hydrogens is 1010 g/mol. The fourth-order valence-electron chi connectivity index (χ4n) is 5.63. The Hall–Kier alpha value is -2.32. The molecule has 10 radical (unpaired) electrons. The third-order valence-corrected chi connectivity index (χ3v) is 12.4. The van der Waals surface area contributed by atoms with Gasteiger partial charge in [-0.15, -0.1) is 5.16 Å². The molecule has 5 rings (SSSR count). The van der Waals surface area contributed by atoms with E-state index in [2.05, 4.69) is 32.5 Å². The van der Waals surface area contributed by atoms with Crippen LogP contribution in [0.5, 0.6) is 0 Å². The average molecular weight is 1070 g/mol. The molecule has 0 spiro atoms. The summed E-state index contributed by atoms with van der Waals surface area (Å²) in [7, 11) is 9.69. The highest BCUT2D eigenvalue weighted by atomic mass is 31.3. The maximum atomic E-state index is 11.4. The number of hydrogen-bond donors (Lipinski definition) is 13. The van der Waals surface area contributed by atoms with Gasteiger partial charge in [0.05, 0.1) is 37.6 Å². The van der Waals surface area contributed by atoms with Crippen LogP contribution in [0.3, 0.4) is 0 Å². The molecule has 0 bridgehead atoms. The lowest BCUT2D eigenvalue weighted by atomic mass is 9.92. The highest BCUT2D eigenvalue weighted by Crippen LogP contribution is 2.66. The smallest absolute Gasteiger partial charge is 0.479 e. The predicted octanol–water partition coefficient (Wildman–Crippen LogP) is -4.31. The van der Waals surface area contributed by atoms with Gasteiger partial charge in [0.25, 0.3) is 0 Å². The highest BCUT2D eigenvalue weighted by molar-refractivity contribution is 7.66. The number of oxime groups is 1. The van der Waals surface area contributed by atoms with Crippen LogP contribution in [0.4, 0.5) is 0 Å². The molecule has 5 aliphatic rings. The normalized spacial score (nSPS) is 33.6. The number of carboxylic acid groups (broad SMARTS) is 2. The van der Waals surface area contributed by atoms with E-state index in [-0.39, 0.29) is 44.1 Å². The standard InChI is InChI=1S/C6H9BO3.C6H11BO2.C5H10BO13P3.C5H7BO4.C5H9BO3.C3H6O3.C2H5NO/c1-3-2-4(7)10-5(3)6(8)9;1-4-2-6(7)9-5(4)3-8;6-3-1-2(7)4(16-3)5(8)17-21(12,13)19-22(14,15)18-20(9,10)11;6-3-1-2(7)4(10-3)5(8)9;6-5-1-3(8)4(2-7)9-5;1-3(5)6-2-4;1-2-3-4/h3-5H,2H2,1H3,(H,8,9);4-6,8H,2-3H2,1H3;2-4,7H,1H2,(H,12,13)(H,14,15)(H2,9,10,11);2-4,7H,1H2,(H,8,9);3-5,7-8H,1-2H2;4H,2H2,1H3;2,4H,1H3/b;;;;;;3-2+/t3?,4-,5+;4?,5-,6-;2*2?,3-,4+;3?,4-,5-;;/m11111../s1. The highest BCUT2D eigenvalue weighted by Gasteiger charge is 2.46. The topological polar surface area (TPSA) is 478 Å². The lowest BCUT2D eigenvalue weighted by Crippen LogP contribution is -2.31. The molecule has 0 amide bonds. The molecule has 0 aromatic rings. The number of aliphatic carboxylic acids is 2. The second-order valence-electron chi connectivity index (χ2n) is 14.7. The maximum absolute atomic E-state index is 11.4. The largest absolute Gasteiger partial charge is 0.538 e. The van der Waals surface area contributed by atoms with Crippen molar-refractivity contribution < 1.29 is 140 Å². The van der Waals surface area contributed by atoms with Crippen molar-refractivity contribution in [3.05, 3.63) is 0 Å². The van der Waals surface area contributed by atoms with Crippen molar-refractivity contribution in [1.29, 1.82) is 0 Å². The third kappa shape index (κ3) is 30.7. The van der Waals surface area contributed by atoms with Crippen LogP contribution in [-0.2, 0) is 74.4 Å². The summed E-state index contributed by atoms with van der Waals surface area (Å²) < 4.78 is 71.6. The Kier molecular flexibility index (Phi) is 34.1. The van der Waals surface area contributed by atoms with E-state index in [0.717, 1.165) is 6.42 Å². The second-order valence-corrected chi connectivity index (χ2v) is 19.1. The number of esters is 1. The number of aliphatic hydroxyl groups is 6. The summed E-state index contributed by atoms with van der Waals surface area (Å²) in [6.45, 7) is 6.15. The van der Waals surface area contributed by atoms with E-state index in [9.17, 15) is 38.0 Å². The zero-order chi connectivity index (χ0) is 54.9. The molecule has 0 aromatic heterocycles. The number of carbonyl (C=O) groups excluding carboxylic acids is 2. The molecule has 0 aliphatic carbocycles. The van der Waals surface area contributed by atoms with Crippen LogP contribution in [0.1, 0.15) is 59.8 Å². The van der Waals surface area contributed by atoms with Crippen LogP contribution in [0.15, 0.2) is 5.16 Å². The molecular formula is C32H57B5NO29P3. The molecule has 394 valence electrons. The van der Waals surface area contributed by atoms with E-state index in [0.29, 0.717) is 18.8 Å². The molecule has 38 heteroatoms. The van der Waals surface area contributed by atoms with Gasteiger partial charge in [0.2, 0.25) is 0 Å². The van der Waals surface area contributed by atoms with Gasteiger partial charge >= 0.3 is 47.3 Å². The molecule has 0 aromatic carbocycles. The van der Waals surface area contributed by atoms with Crippen molar-refractivity contribution >= 4 is 92.8 Å². The van der Waals surface area contributed by atoms with E-state index in [1.54, 1.807) is 6.92 Å². The van der Waals surface area contributed by atoms with Crippen LogP contribution >= 0.6 is 23.5 Å². The van der Waals surface area contributed by atoms with Crippen molar-refractivity contribution in [2.45, 2.75) is 139 Å². The Morgan fingerprint density at radius 1 is 0.614 bits per heavy atom. The van der Waals surface area contributed by atoms with E-state index in [4.69, 9.17) is 114 Å². The molecule has 13 N–H and O–H groups in total. The van der Waals surface area contributed by atoms with Gasteiger partial charge in [0, 0.05) is 43.2 Å². The number of aliphatic hydroxyl groups excluding tert-OH is 6. The predicted molar refractivity (Wildman–Crippen MR) is 236 cm³/mol. The number of phosphoric ester groups is 1. The monoisotopic (exact) mass is 1070 g/mol. The Labute approximate surface area is 407 Å². The minimum atomic E-state index is -5.73. The first kappa shape index (κ1) is 69.8. The zero-order valence-corrected chi connectivity index (χ0v) is 40.6. The third-order valence-electron chi connectivity index (χ3n) is 8.66. The fraction of sp³-hybridized carbons (Fsp3) is 0.844. The lowest BCUT2D eigenvalue weighted by molar-refractivity contribution is -0.152. The minimum Gasteiger partial charge on any atom is -0.479 e. The quantitative estimate of drug-likeness (QED) is 0.0177. The Balaban J connectivity index is 0.